The number of likely N-dealkylation sites (N-methyl/N-ethyl adjacent to an activating group) is 1. The molecule has 8 heteroatoms. The Morgan fingerprint density at radius 3 is 2.88 bits per heavy atom. The Kier molecular flexibility index (Phi) is 6.87. The summed E-state index contributed by atoms with van der Waals surface area (Å²) in [6, 6.07) is 14.2. The SMILES string of the molecule is CN1CCCC(OC(=O)COC(=O)c2ccccc2Nc2ccnc3cc(Cl)ccc23)C1. The zero-order valence-corrected chi connectivity index (χ0v) is 18.5. The highest BCUT2D eigenvalue weighted by atomic mass is 35.5. The summed E-state index contributed by atoms with van der Waals surface area (Å²) in [4.78, 5) is 31.3. The van der Waals surface area contributed by atoms with Crippen LogP contribution in [0.5, 0.6) is 0 Å². The van der Waals surface area contributed by atoms with Gasteiger partial charge < -0.3 is 19.7 Å². The largest absolute Gasteiger partial charge is 0.458 e. The number of hydrogen-bond donors (Lipinski definition) is 1. The van der Waals surface area contributed by atoms with E-state index in [1.807, 2.05) is 25.2 Å². The lowest BCUT2D eigenvalue weighted by molar-refractivity contribution is -0.154. The van der Waals surface area contributed by atoms with Gasteiger partial charge in [-0.3, -0.25) is 4.98 Å². The fourth-order valence-corrected chi connectivity index (χ4v) is 3.95. The molecular formula is C24H24ClN3O4. The van der Waals surface area contributed by atoms with Crippen molar-refractivity contribution in [2.75, 3.05) is 32.1 Å². The van der Waals surface area contributed by atoms with Crippen molar-refractivity contribution in [2.45, 2.75) is 18.9 Å². The van der Waals surface area contributed by atoms with E-state index in [1.165, 1.54) is 0 Å². The quantitative estimate of drug-likeness (QED) is 0.553. The molecule has 166 valence electrons. The lowest BCUT2D eigenvalue weighted by Crippen LogP contribution is -2.38. The van der Waals surface area contributed by atoms with Crippen molar-refractivity contribution in [3.8, 4) is 0 Å². The number of hydrogen-bond acceptors (Lipinski definition) is 7. The molecule has 0 radical (unpaired) electrons. The van der Waals surface area contributed by atoms with Crippen LogP contribution in [0, 0.1) is 0 Å². The summed E-state index contributed by atoms with van der Waals surface area (Å²) in [7, 11) is 1.99. The number of carbonyl (C=O) groups is 2. The molecule has 1 atom stereocenters. The van der Waals surface area contributed by atoms with E-state index in [0.717, 1.165) is 36.0 Å². The Labute approximate surface area is 191 Å². The van der Waals surface area contributed by atoms with Gasteiger partial charge in [0.05, 0.1) is 16.8 Å². The summed E-state index contributed by atoms with van der Waals surface area (Å²) < 4.78 is 10.7. The lowest BCUT2D eigenvalue weighted by Gasteiger charge is -2.29. The molecule has 0 saturated carbocycles. The summed E-state index contributed by atoms with van der Waals surface area (Å²) in [6.07, 6.45) is 3.30. The van der Waals surface area contributed by atoms with Crippen molar-refractivity contribution in [3.63, 3.8) is 0 Å². The molecule has 1 fully saturated rings. The highest BCUT2D eigenvalue weighted by molar-refractivity contribution is 6.31. The first-order chi connectivity index (χ1) is 15.5. The number of halogens is 1. The van der Waals surface area contributed by atoms with E-state index in [-0.39, 0.29) is 6.10 Å². The highest BCUT2D eigenvalue weighted by Gasteiger charge is 2.22. The van der Waals surface area contributed by atoms with E-state index in [1.54, 1.807) is 36.5 Å². The molecule has 7 nitrogen and oxygen atoms in total. The molecule has 1 N–H and O–H groups in total. The lowest BCUT2D eigenvalue weighted by atomic mass is 10.1. The third-order valence-electron chi connectivity index (χ3n) is 5.32. The maximum atomic E-state index is 12.7. The second-order valence-electron chi connectivity index (χ2n) is 7.78. The number of para-hydroxylation sites is 1. The van der Waals surface area contributed by atoms with E-state index in [9.17, 15) is 9.59 Å². The van der Waals surface area contributed by atoms with E-state index in [4.69, 9.17) is 21.1 Å². The molecule has 1 aliphatic heterocycles. The topological polar surface area (TPSA) is 80.8 Å². The molecule has 4 rings (SSSR count). The minimum absolute atomic E-state index is 0.164. The van der Waals surface area contributed by atoms with Crippen LogP contribution in [0.3, 0.4) is 0 Å². The fraction of sp³-hybridized carbons (Fsp3) is 0.292. The van der Waals surface area contributed by atoms with Gasteiger partial charge in [0.15, 0.2) is 6.61 Å². The molecule has 32 heavy (non-hydrogen) atoms. The van der Waals surface area contributed by atoms with Gasteiger partial charge in [-0.15, -0.1) is 0 Å². The predicted octanol–water partition coefficient (Wildman–Crippen LogP) is 4.43. The zero-order chi connectivity index (χ0) is 22.5. The number of aromatic nitrogens is 1. The average molecular weight is 454 g/mol. The van der Waals surface area contributed by atoms with Crippen LogP contribution in [0.15, 0.2) is 54.7 Å². The molecular weight excluding hydrogens is 430 g/mol. The van der Waals surface area contributed by atoms with E-state index in [0.29, 0.717) is 22.8 Å². The first kappa shape index (κ1) is 22.0. The number of nitrogens with zero attached hydrogens (tertiary/aromatic N) is 2. The van der Waals surface area contributed by atoms with Crippen molar-refractivity contribution in [3.05, 3.63) is 65.3 Å². The highest BCUT2D eigenvalue weighted by Crippen LogP contribution is 2.28. The van der Waals surface area contributed by atoms with Crippen LogP contribution in [-0.4, -0.2) is 54.7 Å². The number of benzene rings is 2. The van der Waals surface area contributed by atoms with Crippen LogP contribution in [0.4, 0.5) is 11.4 Å². The average Bonchev–Trinajstić information content (AvgIpc) is 2.78. The number of ether oxygens (including phenoxy) is 2. The van der Waals surface area contributed by atoms with Gasteiger partial charge >= 0.3 is 11.9 Å². The number of fused-ring (bicyclic) bond motifs is 1. The third kappa shape index (κ3) is 5.36. The standard InChI is InChI=1S/C24H24ClN3O4/c1-28-12-4-5-17(14-28)32-23(29)15-31-24(30)19-6-2-3-7-20(19)27-21-10-11-26-22-13-16(25)8-9-18(21)22/h2-3,6-11,13,17H,4-5,12,14-15H2,1H3,(H,26,27). The Bertz CT molecular complexity index is 1140. The number of anilines is 2. The number of piperidine rings is 1. The molecule has 1 aromatic heterocycles. The Morgan fingerprint density at radius 1 is 1.19 bits per heavy atom. The fourth-order valence-electron chi connectivity index (χ4n) is 3.78. The van der Waals surface area contributed by atoms with Gasteiger partial charge in [-0.05, 0) is 62.8 Å². The van der Waals surface area contributed by atoms with Crippen LogP contribution < -0.4 is 5.32 Å². The first-order valence-corrected chi connectivity index (χ1v) is 10.8. The summed E-state index contributed by atoms with van der Waals surface area (Å²) >= 11 is 6.07. The minimum atomic E-state index is -0.604. The Morgan fingerprint density at radius 2 is 2.03 bits per heavy atom. The van der Waals surface area contributed by atoms with Gasteiger partial charge in [-0.2, -0.15) is 0 Å². The molecule has 0 bridgehead atoms. The zero-order valence-electron chi connectivity index (χ0n) is 17.7. The number of pyridine rings is 1. The van der Waals surface area contributed by atoms with Gasteiger partial charge in [-0.1, -0.05) is 23.7 Å². The van der Waals surface area contributed by atoms with Crippen molar-refractivity contribution in [1.29, 1.82) is 0 Å². The molecule has 2 heterocycles. The number of nitrogens with one attached hydrogen (secondary N) is 1. The molecule has 1 saturated heterocycles. The first-order valence-electron chi connectivity index (χ1n) is 10.4. The predicted molar refractivity (Wildman–Crippen MR) is 123 cm³/mol. The molecule has 0 amide bonds. The van der Waals surface area contributed by atoms with E-state index in [2.05, 4.69) is 15.2 Å². The number of likely N-dealkylation sites (tertiary alicyclic amines) is 1. The van der Waals surface area contributed by atoms with Crippen LogP contribution in [0.2, 0.25) is 5.02 Å². The van der Waals surface area contributed by atoms with Crippen molar-refractivity contribution < 1.29 is 19.1 Å². The third-order valence-corrected chi connectivity index (χ3v) is 5.56. The van der Waals surface area contributed by atoms with Crippen molar-refractivity contribution in [2.24, 2.45) is 0 Å². The number of esters is 2. The number of carbonyl (C=O) groups excluding carboxylic acids is 2. The van der Waals surface area contributed by atoms with Gasteiger partial charge in [0.25, 0.3) is 0 Å². The monoisotopic (exact) mass is 453 g/mol. The van der Waals surface area contributed by atoms with E-state index < -0.39 is 18.5 Å². The van der Waals surface area contributed by atoms with Crippen molar-refractivity contribution in [1.82, 2.24) is 9.88 Å². The molecule has 1 aliphatic rings. The van der Waals surface area contributed by atoms with Gasteiger partial charge in [-0.25, -0.2) is 9.59 Å². The van der Waals surface area contributed by atoms with E-state index >= 15 is 0 Å². The minimum Gasteiger partial charge on any atom is -0.458 e. The second kappa shape index (κ2) is 9.97. The summed E-state index contributed by atoms with van der Waals surface area (Å²) in [5, 5.41) is 4.73. The van der Waals surface area contributed by atoms with Gasteiger partial charge in [0, 0.05) is 28.8 Å². The maximum absolute atomic E-state index is 12.7. The summed E-state index contributed by atoms with van der Waals surface area (Å²) in [5.74, 6) is -1.15. The normalized spacial score (nSPS) is 16.5. The molecule has 1 unspecified atom stereocenters. The molecule has 0 spiro atoms. The van der Waals surface area contributed by atoms with Crippen LogP contribution in [0.25, 0.3) is 10.9 Å². The molecule has 3 aromatic rings. The van der Waals surface area contributed by atoms with Crippen LogP contribution in [-0.2, 0) is 14.3 Å². The Hall–Kier alpha value is -3.16. The number of rotatable bonds is 6. The van der Waals surface area contributed by atoms with Crippen LogP contribution in [0.1, 0.15) is 23.2 Å². The Balaban J connectivity index is 1.43. The van der Waals surface area contributed by atoms with Gasteiger partial charge in [0.2, 0.25) is 0 Å². The van der Waals surface area contributed by atoms with Gasteiger partial charge in [0.1, 0.15) is 6.10 Å². The summed E-state index contributed by atoms with van der Waals surface area (Å²) in [6.45, 7) is 1.26. The van der Waals surface area contributed by atoms with Crippen molar-refractivity contribution >= 4 is 45.8 Å². The summed E-state index contributed by atoms with van der Waals surface area (Å²) in [5.41, 5.74) is 2.38. The second-order valence-corrected chi connectivity index (χ2v) is 8.22. The maximum Gasteiger partial charge on any atom is 0.344 e. The molecule has 2 aromatic carbocycles. The van der Waals surface area contributed by atoms with Crippen LogP contribution >= 0.6 is 11.6 Å². The smallest absolute Gasteiger partial charge is 0.344 e. The molecule has 0 aliphatic carbocycles.